The molecule has 0 saturated heterocycles. The summed E-state index contributed by atoms with van der Waals surface area (Å²) >= 11 is 11.8. The number of carbonyl (C=O) groups excluding carboxylic acids is 1. The number of nitrogens with one attached hydrogen (secondary N) is 1. The van der Waals surface area contributed by atoms with Crippen LogP contribution in [0.5, 0.6) is 5.75 Å². The van der Waals surface area contributed by atoms with Crippen molar-refractivity contribution in [1.82, 2.24) is 4.31 Å². The van der Waals surface area contributed by atoms with Crippen molar-refractivity contribution in [3.05, 3.63) is 52.0 Å². The van der Waals surface area contributed by atoms with Crippen LogP contribution >= 0.6 is 23.2 Å². The van der Waals surface area contributed by atoms with Gasteiger partial charge in [0.15, 0.2) is 0 Å². The monoisotopic (exact) mass is 416 g/mol. The molecule has 1 amide bonds. The van der Waals surface area contributed by atoms with Crippen LogP contribution in [0.15, 0.2) is 41.3 Å². The van der Waals surface area contributed by atoms with E-state index in [4.69, 9.17) is 27.9 Å². The molecule has 0 aliphatic carbocycles. The number of methoxy groups -OCH3 is 1. The standard InChI is InChI=1S/C17H18Cl2N2O4S/c1-11-6-15(4-5-16(11)25-3)26(23,24)21(2)10-17(22)20-14-8-12(18)7-13(19)9-14/h4-9H,10H2,1-3H3,(H,20,22). The molecule has 6 nitrogen and oxygen atoms in total. The van der Waals surface area contributed by atoms with Crippen molar-refractivity contribution in [3.8, 4) is 5.75 Å². The van der Waals surface area contributed by atoms with E-state index in [-0.39, 0.29) is 11.4 Å². The van der Waals surface area contributed by atoms with E-state index in [1.165, 1.54) is 44.5 Å². The van der Waals surface area contributed by atoms with E-state index in [9.17, 15) is 13.2 Å². The molecule has 1 N–H and O–H groups in total. The minimum atomic E-state index is -3.83. The summed E-state index contributed by atoms with van der Waals surface area (Å²) in [5.74, 6) is 0.0711. The highest BCUT2D eigenvalue weighted by atomic mass is 35.5. The van der Waals surface area contributed by atoms with Crippen LogP contribution in [0.1, 0.15) is 5.56 Å². The summed E-state index contributed by atoms with van der Waals surface area (Å²) in [4.78, 5) is 12.2. The fraction of sp³-hybridized carbons (Fsp3) is 0.235. The first-order chi connectivity index (χ1) is 12.1. The number of carbonyl (C=O) groups is 1. The number of amides is 1. The van der Waals surface area contributed by atoms with E-state index in [0.717, 1.165) is 4.31 Å². The molecule has 2 aromatic carbocycles. The van der Waals surface area contributed by atoms with Gasteiger partial charge in [0.05, 0.1) is 18.6 Å². The summed E-state index contributed by atoms with van der Waals surface area (Å²) < 4.78 is 31.4. The predicted octanol–water partition coefficient (Wildman–Crippen LogP) is 3.57. The van der Waals surface area contributed by atoms with Gasteiger partial charge in [-0.05, 0) is 48.9 Å². The Labute approximate surface area is 162 Å². The molecule has 0 radical (unpaired) electrons. The van der Waals surface area contributed by atoms with Crippen molar-refractivity contribution < 1.29 is 17.9 Å². The van der Waals surface area contributed by atoms with Gasteiger partial charge in [-0.25, -0.2) is 8.42 Å². The van der Waals surface area contributed by atoms with Gasteiger partial charge >= 0.3 is 0 Å². The SMILES string of the molecule is COc1ccc(S(=O)(=O)N(C)CC(=O)Nc2cc(Cl)cc(Cl)c2)cc1C. The Morgan fingerprint density at radius 2 is 1.77 bits per heavy atom. The first-order valence-corrected chi connectivity index (χ1v) is 9.70. The van der Waals surface area contributed by atoms with Crippen LogP contribution in [0.4, 0.5) is 5.69 Å². The number of anilines is 1. The van der Waals surface area contributed by atoms with E-state index in [0.29, 0.717) is 27.0 Å². The molecule has 0 aliphatic rings. The van der Waals surface area contributed by atoms with Gasteiger partial charge in [-0.15, -0.1) is 0 Å². The van der Waals surface area contributed by atoms with Crippen molar-refractivity contribution in [1.29, 1.82) is 0 Å². The normalized spacial score (nSPS) is 11.5. The average molecular weight is 417 g/mol. The molecular formula is C17H18Cl2N2O4S. The minimum absolute atomic E-state index is 0.0805. The van der Waals surface area contributed by atoms with Crippen molar-refractivity contribution in [2.45, 2.75) is 11.8 Å². The fourth-order valence-electron chi connectivity index (χ4n) is 2.31. The lowest BCUT2D eigenvalue weighted by atomic mass is 10.2. The quantitative estimate of drug-likeness (QED) is 0.780. The zero-order valence-electron chi connectivity index (χ0n) is 14.4. The third-order valence-corrected chi connectivity index (χ3v) is 5.82. The Morgan fingerprint density at radius 1 is 1.15 bits per heavy atom. The summed E-state index contributed by atoms with van der Waals surface area (Å²) in [6.07, 6.45) is 0. The molecule has 0 aromatic heterocycles. The first-order valence-electron chi connectivity index (χ1n) is 7.50. The largest absolute Gasteiger partial charge is 0.496 e. The zero-order chi connectivity index (χ0) is 19.5. The molecular weight excluding hydrogens is 399 g/mol. The summed E-state index contributed by atoms with van der Waals surface area (Å²) in [5.41, 5.74) is 1.07. The second-order valence-electron chi connectivity index (χ2n) is 5.60. The van der Waals surface area contributed by atoms with E-state index in [1.807, 2.05) is 0 Å². The molecule has 140 valence electrons. The second kappa shape index (κ2) is 8.26. The van der Waals surface area contributed by atoms with Crippen molar-refractivity contribution in [2.75, 3.05) is 26.0 Å². The zero-order valence-corrected chi connectivity index (χ0v) is 16.7. The van der Waals surface area contributed by atoms with Crippen LogP contribution in [-0.4, -0.2) is 39.3 Å². The molecule has 26 heavy (non-hydrogen) atoms. The molecule has 2 rings (SSSR count). The van der Waals surface area contributed by atoms with Crippen LogP contribution < -0.4 is 10.1 Å². The Morgan fingerprint density at radius 3 is 2.31 bits per heavy atom. The van der Waals surface area contributed by atoms with Gasteiger partial charge in [0.2, 0.25) is 15.9 Å². The Kier molecular flexibility index (Phi) is 6.52. The number of likely N-dealkylation sites (N-methyl/N-ethyl adjacent to an activating group) is 1. The summed E-state index contributed by atoms with van der Waals surface area (Å²) in [5, 5.41) is 3.30. The number of sulfonamides is 1. The number of nitrogens with zero attached hydrogens (tertiary/aromatic N) is 1. The molecule has 0 spiro atoms. The Balaban J connectivity index is 2.13. The Bertz CT molecular complexity index is 912. The molecule has 0 bridgehead atoms. The van der Waals surface area contributed by atoms with Crippen LogP contribution in [0.25, 0.3) is 0 Å². The number of benzene rings is 2. The topological polar surface area (TPSA) is 75.7 Å². The lowest BCUT2D eigenvalue weighted by Crippen LogP contribution is -2.35. The van der Waals surface area contributed by atoms with E-state index < -0.39 is 15.9 Å². The van der Waals surface area contributed by atoms with Crippen molar-refractivity contribution >= 4 is 44.8 Å². The van der Waals surface area contributed by atoms with Gasteiger partial charge in [0.25, 0.3) is 0 Å². The maximum absolute atomic E-state index is 12.6. The average Bonchev–Trinajstić information content (AvgIpc) is 2.53. The van der Waals surface area contributed by atoms with E-state index in [1.54, 1.807) is 13.0 Å². The molecule has 0 atom stereocenters. The van der Waals surface area contributed by atoms with Crippen LogP contribution in [0, 0.1) is 6.92 Å². The van der Waals surface area contributed by atoms with Crippen molar-refractivity contribution in [3.63, 3.8) is 0 Å². The molecule has 0 unspecified atom stereocenters. The maximum atomic E-state index is 12.6. The van der Waals surface area contributed by atoms with Gasteiger partial charge in [0, 0.05) is 22.8 Å². The first kappa shape index (κ1) is 20.5. The molecule has 0 heterocycles. The summed E-state index contributed by atoms with van der Waals surface area (Å²) in [6, 6.07) is 9.08. The fourth-order valence-corrected chi connectivity index (χ4v) is 4.04. The number of halogens is 2. The maximum Gasteiger partial charge on any atom is 0.243 e. The number of hydrogen-bond acceptors (Lipinski definition) is 4. The molecule has 0 fully saturated rings. The third-order valence-electron chi connectivity index (χ3n) is 3.59. The van der Waals surface area contributed by atoms with E-state index >= 15 is 0 Å². The molecule has 2 aromatic rings. The third kappa shape index (κ3) is 4.88. The molecule has 0 saturated carbocycles. The van der Waals surface area contributed by atoms with Gasteiger partial charge in [-0.2, -0.15) is 4.31 Å². The van der Waals surface area contributed by atoms with Crippen LogP contribution in [-0.2, 0) is 14.8 Å². The summed E-state index contributed by atoms with van der Waals surface area (Å²) in [6.45, 7) is 1.38. The highest BCUT2D eigenvalue weighted by Gasteiger charge is 2.23. The van der Waals surface area contributed by atoms with Gasteiger partial charge in [0.1, 0.15) is 5.75 Å². The molecule has 0 aliphatic heterocycles. The smallest absolute Gasteiger partial charge is 0.243 e. The van der Waals surface area contributed by atoms with E-state index in [2.05, 4.69) is 5.32 Å². The van der Waals surface area contributed by atoms with Crippen molar-refractivity contribution in [2.24, 2.45) is 0 Å². The van der Waals surface area contributed by atoms with Gasteiger partial charge < -0.3 is 10.1 Å². The Hall–Kier alpha value is -1.80. The predicted molar refractivity (Wildman–Crippen MR) is 103 cm³/mol. The lowest BCUT2D eigenvalue weighted by molar-refractivity contribution is -0.116. The number of aryl methyl sites for hydroxylation is 1. The number of hydrogen-bond donors (Lipinski definition) is 1. The highest BCUT2D eigenvalue weighted by Crippen LogP contribution is 2.24. The van der Waals surface area contributed by atoms with Crippen LogP contribution in [0.2, 0.25) is 10.0 Å². The van der Waals surface area contributed by atoms with Crippen LogP contribution in [0.3, 0.4) is 0 Å². The summed E-state index contributed by atoms with van der Waals surface area (Å²) in [7, 11) is -0.984. The highest BCUT2D eigenvalue weighted by molar-refractivity contribution is 7.89. The minimum Gasteiger partial charge on any atom is -0.496 e. The molecule has 9 heteroatoms. The number of rotatable bonds is 6. The second-order valence-corrected chi connectivity index (χ2v) is 8.52. The number of ether oxygens (including phenoxy) is 1. The lowest BCUT2D eigenvalue weighted by Gasteiger charge is -2.18. The van der Waals surface area contributed by atoms with Gasteiger partial charge in [-0.1, -0.05) is 23.2 Å². The van der Waals surface area contributed by atoms with Gasteiger partial charge in [-0.3, -0.25) is 4.79 Å².